The van der Waals surface area contributed by atoms with Gasteiger partial charge in [-0.2, -0.15) is 30.7 Å². The van der Waals surface area contributed by atoms with Crippen molar-refractivity contribution in [3.63, 3.8) is 0 Å². The second-order valence-corrected chi connectivity index (χ2v) is 23.8. The fraction of sp³-hybridized carbons (Fsp3) is 0.424. The summed E-state index contributed by atoms with van der Waals surface area (Å²) in [6.45, 7) is 27.7. The van der Waals surface area contributed by atoms with Gasteiger partial charge in [0.2, 0.25) is 0 Å². The number of aryl methyl sites for hydroxylation is 4. The van der Waals surface area contributed by atoms with E-state index in [1.807, 2.05) is 0 Å². The van der Waals surface area contributed by atoms with Crippen LogP contribution < -0.4 is 0 Å². The van der Waals surface area contributed by atoms with E-state index in [1.165, 1.54) is 56.6 Å². The third-order valence-electron chi connectivity index (χ3n) is 7.33. The first-order valence-corrected chi connectivity index (χ1v) is 20.4. The van der Waals surface area contributed by atoms with Crippen LogP contribution in [0.25, 0.3) is 21.5 Å². The van der Waals surface area contributed by atoms with Crippen molar-refractivity contribution in [2.45, 2.75) is 91.4 Å². The molecule has 0 unspecified atom stereocenters. The first-order chi connectivity index (χ1) is 16.3. The second kappa shape index (κ2) is 14.2. The van der Waals surface area contributed by atoms with Crippen LogP contribution in [-0.2, 0) is 25.8 Å². The minimum atomic E-state index is -0.925. The Morgan fingerprint density at radius 3 is 1.31 bits per heavy atom. The van der Waals surface area contributed by atoms with E-state index in [4.69, 9.17) is 0 Å². The molecule has 0 saturated carbocycles. The van der Waals surface area contributed by atoms with Gasteiger partial charge in [-0.1, -0.05) is 94.4 Å². The standard InChI is InChI=1S/C11H27Si2.2C11H11.Sc/c1-8-9-10-11(12(2,3)4)13(5,6)7;2*1-8-6-7-9(2)11-5-3-4-10(8)11;/h11H,1,8-10H2,2-7H3;2*3-7H,1-2H3;/q3*-1;+3. The molecule has 0 radical (unpaired) electrons. The second-order valence-electron chi connectivity index (χ2n) is 12.4. The number of benzene rings is 2. The Morgan fingerprint density at radius 1 is 0.639 bits per heavy atom. The summed E-state index contributed by atoms with van der Waals surface area (Å²) in [7, 11) is -1.85. The van der Waals surface area contributed by atoms with Crippen molar-refractivity contribution >= 4 is 37.7 Å². The van der Waals surface area contributed by atoms with Gasteiger partial charge < -0.3 is 6.92 Å². The Morgan fingerprint density at radius 2 is 1.00 bits per heavy atom. The molecule has 0 aliphatic rings. The third-order valence-corrected chi connectivity index (χ3v) is 17.3. The van der Waals surface area contributed by atoms with Gasteiger partial charge >= 0.3 is 25.8 Å². The zero-order chi connectivity index (χ0) is 26.4. The summed E-state index contributed by atoms with van der Waals surface area (Å²) in [5.41, 5.74) is 5.48. The van der Waals surface area contributed by atoms with Gasteiger partial charge in [-0.25, -0.2) is 0 Å². The molecule has 0 N–H and O–H groups in total. The SMILES string of the molecule is Cc1ccc(C)c2[cH-]ccc12.Cc1ccc(C)c2[cH-]ccc12.[CH2-]CCCC([Si](C)(C)C)[Si](C)(C)C.[Sc+3]. The zero-order valence-electron chi connectivity index (χ0n) is 24.8. The third kappa shape index (κ3) is 9.06. The normalized spacial score (nSPS) is 11.6. The largest absolute Gasteiger partial charge is 3.00 e. The Labute approximate surface area is 243 Å². The quantitative estimate of drug-likeness (QED) is 0.172. The van der Waals surface area contributed by atoms with Crippen molar-refractivity contribution in [1.82, 2.24) is 0 Å². The molecule has 0 bridgehead atoms. The van der Waals surface area contributed by atoms with Gasteiger partial charge in [0.25, 0.3) is 0 Å². The van der Waals surface area contributed by atoms with E-state index in [9.17, 15) is 0 Å². The maximum atomic E-state index is 3.95. The van der Waals surface area contributed by atoms with E-state index in [0.717, 1.165) is 11.6 Å². The van der Waals surface area contributed by atoms with Crippen LogP contribution in [0.3, 0.4) is 0 Å². The molecule has 4 aromatic rings. The molecule has 0 heterocycles. The number of hydrogen-bond donors (Lipinski definition) is 0. The van der Waals surface area contributed by atoms with Gasteiger partial charge in [-0.05, 0) is 13.8 Å². The van der Waals surface area contributed by atoms with Crippen LogP contribution in [0.2, 0.25) is 44.4 Å². The van der Waals surface area contributed by atoms with Crippen molar-refractivity contribution < 1.29 is 25.8 Å². The molecular weight excluding hydrogens is 497 g/mol. The molecule has 0 saturated heterocycles. The molecule has 3 heteroatoms. The Bertz CT molecular complexity index is 1030. The van der Waals surface area contributed by atoms with E-state index >= 15 is 0 Å². The van der Waals surface area contributed by atoms with Crippen molar-refractivity contribution in [3.8, 4) is 0 Å². The molecule has 0 fully saturated rings. The van der Waals surface area contributed by atoms with Gasteiger partial charge in [0.15, 0.2) is 0 Å². The summed E-state index contributed by atoms with van der Waals surface area (Å²) in [5.74, 6) is 0. The molecule has 0 aliphatic carbocycles. The van der Waals surface area contributed by atoms with Gasteiger partial charge in [-0.15, -0.1) is 56.9 Å². The van der Waals surface area contributed by atoms with Crippen LogP contribution in [0.1, 0.15) is 41.5 Å². The van der Waals surface area contributed by atoms with Gasteiger partial charge in [0, 0.05) is 16.1 Å². The first-order valence-electron chi connectivity index (χ1n) is 13.3. The van der Waals surface area contributed by atoms with Crippen LogP contribution in [0.4, 0.5) is 0 Å². The van der Waals surface area contributed by atoms with Crippen molar-refractivity contribution in [2.75, 3.05) is 0 Å². The van der Waals surface area contributed by atoms with Gasteiger partial charge in [-0.3, -0.25) is 0 Å². The van der Waals surface area contributed by atoms with Gasteiger partial charge in [0.05, 0.1) is 0 Å². The predicted molar refractivity (Wildman–Crippen MR) is 168 cm³/mol. The monoisotopic (exact) mass is 546 g/mol. The van der Waals surface area contributed by atoms with Crippen LogP contribution >= 0.6 is 0 Å². The smallest absolute Gasteiger partial charge is 0.343 e. The summed E-state index contributed by atoms with van der Waals surface area (Å²) in [4.78, 5) is 0. The molecule has 36 heavy (non-hydrogen) atoms. The van der Waals surface area contributed by atoms with Crippen molar-refractivity contribution in [2.24, 2.45) is 0 Å². The van der Waals surface area contributed by atoms with E-state index in [-0.39, 0.29) is 25.8 Å². The van der Waals surface area contributed by atoms with E-state index in [2.05, 4.69) is 135 Å². The van der Waals surface area contributed by atoms with Crippen LogP contribution in [0.15, 0.2) is 60.7 Å². The average molecular weight is 547 g/mol. The van der Waals surface area contributed by atoms with E-state index < -0.39 is 16.1 Å². The topological polar surface area (TPSA) is 0 Å². The molecular formula is C33H49ScSi2. The van der Waals surface area contributed by atoms with Crippen molar-refractivity contribution in [1.29, 1.82) is 0 Å². The van der Waals surface area contributed by atoms with Crippen LogP contribution in [0, 0.1) is 34.6 Å². The van der Waals surface area contributed by atoms with E-state index in [1.54, 1.807) is 0 Å². The number of rotatable bonds is 5. The maximum Gasteiger partial charge on any atom is 3.00 e. The van der Waals surface area contributed by atoms with Crippen LogP contribution in [-0.4, -0.2) is 16.1 Å². The average Bonchev–Trinajstić information content (AvgIpc) is 3.44. The fourth-order valence-corrected chi connectivity index (χ4v) is 18.1. The molecule has 0 aromatic heterocycles. The summed E-state index contributed by atoms with van der Waals surface area (Å²) in [6.07, 6.45) is 3.89. The fourth-order valence-electron chi connectivity index (χ4n) is 5.59. The first kappa shape index (κ1) is 33.0. The van der Waals surface area contributed by atoms with Crippen molar-refractivity contribution in [3.05, 3.63) is 89.8 Å². The zero-order valence-corrected chi connectivity index (χ0v) is 28.6. The minimum absolute atomic E-state index is 0. The van der Waals surface area contributed by atoms with Crippen LogP contribution in [0.5, 0.6) is 0 Å². The molecule has 0 nitrogen and oxygen atoms in total. The maximum absolute atomic E-state index is 3.95. The number of unbranched alkanes of at least 4 members (excludes halogenated alkanes) is 1. The molecule has 4 rings (SSSR count). The Balaban J connectivity index is 0.000000267. The Kier molecular flexibility index (Phi) is 13.0. The molecule has 4 aromatic carbocycles. The number of fused-ring (bicyclic) bond motifs is 2. The molecule has 192 valence electrons. The predicted octanol–water partition coefficient (Wildman–Crippen LogP) is 10.9. The molecule has 0 amide bonds. The minimum Gasteiger partial charge on any atom is -0.343 e. The Hall–Kier alpha value is -1.04. The number of hydrogen-bond acceptors (Lipinski definition) is 0. The molecule has 0 spiro atoms. The molecule has 0 atom stereocenters. The summed E-state index contributed by atoms with van der Waals surface area (Å²) in [5, 5.41) is 6.65. The molecule has 0 aliphatic heterocycles. The summed E-state index contributed by atoms with van der Waals surface area (Å²) < 4.78 is 0. The van der Waals surface area contributed by atoms with Gasteiger partial charge in [0.1, 0.15) is 0 Å². The summed E-state index contributed by atoms with van der Waals surface area (Å²) in [6, 6.07) is 21.7. The summed E-state index contributed by atoms with van der Waals surface area (Å²) >= 11 is 0. The van der Waals surface area contributed by atoms with E-state index in [0.29, 0.717) is 0 Å².